The van der Waals surface area contributed by atoms with Crippen molar-refractivity contribution in [3.63, 3.8) is 0 Å². The molecule has 0 bridgehead atoms. The van der Waals surface area contributed by atoms with E-state index in [2.05, 4.69) is 20.3 Å². The van der Waals surface area contributed by atoms with E-state index >= 15 is 0 Å². The monoisotopic (exact) mass is 361 g/mol. The molecule has 1 aromatic carbocycles. The average Bonchev–Trinajstić information content (AvgIpc) is 3.31. The van der Waals surface area contributed by atoms with E-state index in [0.29, 0.717) is 12.3 Å². The summed E-state index contributed by atoms with van der Waals surface area (Å²) in [6.07, 6.45) is 3.63. The molecule has 27 heavy (non-hydrogen) atoms. The molecule has 0 saturated carbocycles. The van der Waals surface area contributed by atoms with Gasteiger partial charge in [-0.3, -0.25) is 9.20 Å². The van der Waals surface area contributed by atoms with Gasteiger partial charge in [-0.15, -0.1) is 10.2 Å². The van der Waals surface area contributed by atoms with E-state index in [1.807, 2.05) is 56.4 Å². The Balaban J connectivity index is 1.55. The van der Waals surface area contributed by atoms with Crippen molar-refractivity contribution < 1.29 is 4.79 Å². The summed E-state index contributed by atoms with van der Waals surface area (Å²) in [6, 6.07) is 11.7. The number of amides is 1. The zero-order chi connectivity index (χ0) is 19.0. The molecule has 1 amide bonds. The van der Waals surface area contributed by atoms with E-state index in [1.54, 1.807) is 27.2 Å². The van der Waals surface area contributed by atoms with Crippen molar-refractivity contribution in [1.29, 1.82) is 0 Å². The van der Waals surface area contributed by atoms with Crippen LogP contribution in [0.5, 0.6) is 0 Å². The molecule has 0 radical (unpaired) electrons. The second-order valence-electron chi connectivity index (χ2n) is 6.48. The average molecular weight is 361 g/mol. The third-order valence-corrected chi connectivity index (χ3v) is 4.36. The fourth-order valence-electron chi connectivity index (χ4n) is 3.06. The predicted octanol–water partition coefficient (Wildman–Crippen LogP) is 2.20. The Labute approximate surface area is 156 Å². The van der Waals surface area contributed by atoms with E-state index < -0.39 is 0 Å². The lowest BCUT2D eigenvalue weighted by Gasteiger charge is -2.17. The third-order valence-electron chi connectivity index (χ3n) is 4.36. The van der Waals surface area contributed by atoms with Gasteiger partial charge >= 0.3 is 0 Å². The van der Waals surface area contributed by atoms with Crippen LogP contribution in [-0.4, -0.2) is 47.2 Å². The smallest absolute Gasteiger partial charge is 0.292 e. The van der Waals surface area contributed by atoms with Crippen LogP contribution in [0.4, 0.5) is 0 Å². The number of hydrogen-bond donors (Lipinski definition) is 0. The van der Waals surface area contributed by atoms with E-state index in [4.69, 9.17) is 0 Å². The Morgan fingerprint density at radius 1 is 1.15 bits per heavy atom. The van der Waals surface area contributed by atoms with Gasteiger partial charge in [-0.05, 0) is 43.7 Å². The van der Waals surface area contributed by atoms with Gasteiger partial charge in [0, 0.05) is 37.4 Å². The number of carbonyl (C=O) groups is 1. The standard InChI is InChI=1S/C19H19N7O/c1-13-11-14(2)26-17(22-23-19(26)21-13)18(27)24(3)12-15-5-7-16(8-6-15)25-10-4-9-20-25/h4-11H,12H2,1-3H3. The van der Waals surface area contributed by atoms with Crippen molar-refractivity contribution >= 4 is 11.7 Å². The van der Waals surface area contributed by atoms with Crippen molar-refractivity contribution in [2.24, 2.45) is 0 Å². The highest BCUT2D eigenvalue weighted by Gasteiger charge is 2.20. The highest BCUT2D eigenvalue weighted by Crippen LogP contribution is 2.13. The van der Waals surface area contributed by atoms with E-state index in [1.165, 1.54) is 0 Å². The summed E-state index contributed by atoms with van der Waals surface area (Å²) >= 11 is 0. The Kier molecular flexibility index (Phi) is 4.15. The molecular formula is C19H19N7O. The molecule has 0 aliphatic rings. The maximum Gasteiger partial charge on any atom is 0.292 e. The number of hydrogen-bond acceptors (Lipinski definition) is 5. The summed E-state index contributed by atoms with van der Waals surface area (Å²) in [6.45, 7) is 4.27. The minimum atomic E-state index is -0.201. The summed E-state index contributed by atoms with van der Waals surface area (Å²) in [5.74, 6) is 0.505. The van der Waals surface area contributed by atoms with Crippen LogP contribution in [-0.2, 0) is 6.54 Å². The highest BCUT2D eigenvalue weighted by atomic mass is 16.2. The second kappa shape index (κ2) is 6.64. The normalized spacial score (nSPS) is 11.1. The number of aryl methyl sites for hydroxylation is 2. The zero-order valence-electron chi connectivity index (χ0n) is 15.4. The maximum atomic E-state index is 12.9. The fourth-order valence-corrected chi connectivity index (χ4v) is 3.06. The van der Waals surface area contributed by atoms with Gasteiger partial charge in [-0.1, -0.05) is 12.1 Å². The molecule has 4 rings (SSSR count). The molecule has 0 unspecified atom stereocenters. The summed E-state index contributed by atoms with van der Waals surface area (Å²) in [7, 11) is 1.75. The molecule has 0 atom stereocenters. The van der Waals surface area contributed by atoms with Gasteiger partial charge < -0.3 is 4.90 Å². The Bertz CT molecular complexity index is 1100. The fraction of sp³-hybridized carbons (Fsp3) is 0.211. The molecular weight excluding hydrogens is 342 g/mol. The minimum Gasteiger partial charge on any atom is -0.335 e. The van der Waals surface area contributed by atoms with Crippen molar-refractivity contribution in [1.82, 2.24) is 34.3 Å². The van der Waals surface area contributed by atoms with Gasteiger partial charge in [-0.2, -0.15) is 5.10 Å². The first-order valence-electron chi connectivity index (χ1n) is 8.57. The summed E-state index contributed by atoms with van der Waals surface area (Å²) < 4.78 is 3.48. The molecule has 0 aliphatic carbocycles. The first-order chi connectivity index (χ1) is 13.0. The van der Waals surface area contributed by atoms with Crippen molar-refractivity contribution in [3.05, 3.63) is 71.6 Å². The number of carbonyl (C=O) groups excluding carboxylic acids is 1. The van der Waals surface area contributed by atoms with Crippen LogP contribution >= 0.6 is 0 Å². The van der Waals surface area contributed by atoms with E-state index in [9.17, 15) is 4.79 Å². The molecule has 0 N–H and O–H groups in total. The first kappa shape index (κ1) is 16.9. The molecule has 136 valence electrons. The molecule has 8 heteroatoms. The lowest BCUT2D eigenvalue weighted by atomic mass is 10.2. The first-order valence-corrected chi connectivity index (χ1v) is 8.57. The minimum absolute atomic E-state index is 0.201. The van der Waals surface area contributed by atoms with Crippen LogP contribution < -0.4 is 0 Å². The molecule has 0 saturated heterocycles. The molecule has 8 nitrogen and oxygen atoms in total. The lowest BCUT2D eigenvalue weighted by molar-refractivity contribution is 0.0771. The topological polar surface area (TPSA) is 81.2 Å². The Morgan fingerprint density at radius 3 is 2.63 bits per heavy atom. The quantitative estimate of drug-likeness (QED) is 0.557. The molecule has 0 fully saturated rings. The van der Waals surface area contributed by atoms with Gasteiger partial charge in [0.1, 0.15) is 0 Å². The number of nitrogens with zero attached hydrogens (tertiary/aromatic N) is 7. The van der Waals surface area contributed by atoms with Crippen LogP contribution in [0.1, 0.15) is 27.6 Å². The van der Waals surface area contributed by atoms with Gasteiger partial charge in [0.25, 0.3) is 11.7 Å². The van der Waals surface area contributed by atoms with Gasteiger partial charge in [-0.25, -0.2) is 9.67 Å². The second-order valence-corrected chi connectivity index (χ2v) is 6.48. The molecule has 3 aromatic heterocycles. The summed E-state index contributed by atoms with van der Waals surface area (Å²) in [5, 5.41) is 12.3. The van der Waals surface area contributed by atoms with E-state index in [0.717, 1.165) is 22.6 Å². The zero-order valence-corrected chi connectivity index (χ0v) is 15.4. The predicted molar refractivity (Wildman–Crippen MR) is 99.6 cm³/mol. The van der Waals surface area contributed by atoms with Crippen molar-refractivity contribution in [3.8, 4) is 5.69 Å². The Hall–Kier alpha value is -3.55. The molecule has 4 aromatic rings. The van der Waals surface area contributed by atoms with Crippen molar-refractivity contribution in [2.75, 3.05) is 7.05 Å². The molecule has 0 aliphatic heterocycles. The number of benzene rings is 1. The SMILES string of the molecule is Cc1cc(C)n2c(C(=O)N(C)Cc3ccc(-n4cccn4)cc3)nnc2n1. The summed E-state index contributed by atoms with van der Waals surface area (Å²) in [5.41, 5.74) is 3.71. The van der Waals surface area contributed by atoms with Gasteiger partial charge in [0.15, 0.2) is 0 Å². The van der Waals surface area contributed by atoms with Crippen LogP contribution in [0.25, 0.3) is 11.5 Å². The molecule has 0 spiro atoms. The summed E-state index contributed by atoms with van der Waals surface area (Å²) in [4.78, 5) is 18.8. The number of rotatable bonds is 4. The van der Waals surface area contributed by atoms with Crippen LogP contribution in [0, 0.1) is 13.8 Å². The molecule has 3 heterocycles. The van der Waals surface area contributed by atoms with Crippen molar-refractivity contribution in [2.45, 2.75) is 20.4 Å². The van der Waals surface area contributed by atoms with Crippen LogP contribution in [0.2, 0.25) is 0 Å². The van der Waals surface area contributed by atoms with Gasteiger partial charge in [0.2, 0.25) is 5.82 Å². The van der Waals surface area contributed by atoms with Crippen LogP contribution in [0.3, 0.4) is 0 Å². The maximum absolute atomic E-state index is 12.9. The van der Waals surface area contributed by atoms with Crippen LogP contribution in [0.15, 0.2) is 48.8 Å². The van der Waals surface area contributed by atoms with E-state index in [-0.39, 0.29) is 11.7 Å². The Morgan fingerprint density at radius 2 is 1.93 bits per heavy atom. The number of fused-ring (bicyclic) bond motifs is 1. The van der Waals surface area contributed by atoms with Gasteiger partial charge in [0.05, 0.1) is 5.69 Å². The lowest BCUT2D eigenvalue weighted by Crippen LogP contribution is -2.28. The highest BCUT2D eigenvalue weighted by molar-refractivity contribution is 5.91. The largest absolute Gasteiger partial charge is 0.335 e. The number of aromatic nitrogens is 6. The third kappa shape index (κ3) is 3.17.